The van der Waals surface area contributed by atoms with Crippen LogP contribution in [-0.4, -0.2) is 9.13 Å². The van der Waals surface area contributed by atoms with Gasteiger partial charge < -0.3 is 9.13 Å². The first-order valence-corrected chi connectivity index (χ1v) is 23.3. The minimum Gasteiger partial charge on any atom is -0.318 e. The average molecular weight is 911 g/mol. The molecule has 14 rings (SSSR count). The second-order valence-corrected chi connectivity index (χ2v) is 18.4. The molecule has 0 saturated carbocycles. The average Bonchev–Trinajstić information content (AvgIpc) is 4.35. The van der Waals surface area contributed by atoms with Crippen molar-refractivity contribution >= 4 is 112 Å². The summed E-state index contributed by atoms with van der Waals surface area (Å²) in [7, 11) is 0. The minimum absolute atomic E-state index is 0.00185. The first-order chi connectivity index (χ1) is 38.7. The first-order valence-electron chi connectivity index (χ1n) is 27.6. The van der Waals surface area contributed by atoms with E-state index in [0.29, 0.717) is 22.4 Å². The Kier molecular flexibility index (Phi) is 6.19. The summed E-state index contributed by atoms with van der Waals surface area (Å²) in [6, 6.07) is 39.5. The van der Waals surface area contributed by atoms with Crippen molar-refractivity contribution in [2.24, 2.45) is 0 Å². The lowest BCUT2D eigenvalue weighted by Gasteiger charge is -2.26. The third-order valence-corrected chi connectivity index (χ3v) is 15.1. The molecule has 0 aliphatic heterocycles. The minimum atomic E-state index is -0.542. The van der Waals surface area contributed by atoms with Gasteiger partial charge in [-0.3, -0.25) is 0 Å². The maximum absolute atomic E-state index is 12.2. The summed E-state index contributed by atoms with van der Waals surface area (Å²) in [5, 5.41) is 14.0. The van der Waals surface area contributed by atoms with Crippen LogP contribution in [0.5, 0.6) is 0 Å². The quantitative estimate of drug-likeness (QED) is 0.159. The summed E-state index contributed by atoms with van der Waals surface area (Å²) in [6.45, 7) is 9.35. The number of fused-ring (bicyclic) bond motifs is 14. The molecule has 6 heteroatoms. The maximum Gasteiger partial charge on any atom is 0.220 e. The Morgan fingerprint density at radius 2 is 0.971 bits per heavy atom. The Hall–Kier alpha value is -8.78. The van der Waals surface area contributed by atoms with Gasteiger partial charge in [-0.15, -0.1) is 22.7 Å². The molecule has 0 bridgehead atoms. The van der Waals surface area contributed by atoms with E-state index in [9.17, 15) is 22.8 Å². The van der Waals surface area contributed by atoms with Gasteiger partial charge >= 0.3 is 0 Å². The number of thiophene rings is 2. The van der Waals surface area contributed by atoms with Gasteiger partial charge in [0.2, 0.25) is 5.69 Å². The van der Waals surface area contributed by atoms with Gasteiger partial charge in [0.15, 0.2) is 0 Å². The largest absolute Gasteiger partial charge is 0.318 e. The van der Waals surface area contributed by atoms with Gasteiger partial charge in [-0.1, -0.05) is 176 Å². The van der Waals surface area contributed by atoms with E-state index in [1.54, 1.807) is 4.57 Å². The van der Waals surface area contributed by atoms with Crippen molar-refractivity contribution in [3.8, 4) is 50.8 Å². The molecule has 4 aromatic heterocycles. The van der Waals surface area contributed by atoms with E-state index in [0.717, 1.165) is 55.6 Å². The standard InChI is InChI=1S/C62H34N4S2/c1-64-56-54(38-19-7-3-8-20-38)49(36-63)57(55(39-21-9-4-10-22-39)60(56)65-50-26-14-11-23-41(50)48-35-40(29-34-51(48)65)37-17-5-2-6-18-37)66-58-44(30-32-46-42-24-12-15-27-52(42)67-61(46)58)45-31-33-47-43-25-13-16-28-53(43)68-62(47)59(45)66/h2-35H/i12D,13D,15D,16D,24D,25D,27D,28D,30D,31D,32D,33D. The molecular formula is C62H34N4S2. The Bertz CT molecular complexity index is 5060. The predicted octanol–water partition coefficient (Wildman–Crippen LogP) is 18.0. The van der Waals surface area contributed by atoms with Gasteiger partial charge in [0.05, 0.1) is 71.4 Å². The van der Waals surface area contributed by atoms with Gasteiger partial charge in [-0.25, -0.2) is 4.85 Å². The van der Waals surface area contributed by atoms with Crippen LogP contribution in [-0.2, 0) is 0 Å². The summed E-state index contributed by atoms with van der Waals surface area (Å²) in [5.74, 6) is 0. The van der Waals surface area contributed by atoms with E-state index < -0.39 is 60.4 Å². The van der Waals surface area contributed by atoms with Crippen molar-refractivity contribution in [2.45, 2.75) is 0 Å². The summed E-state index contributed by atoms with van der Waals surface area (Å²) in [6.07, 6.45) is 0. The van der Waals surface area contributed by atoms with E-state index in [1.807, 2.05) is 132 Å². The molecule has 14 aromatic rings. The van der Waals surface area contributed by atoms with E-state index in [1.165, 1.54) is 0 Å². The number of hydrogen-bond acceptors (Lipinski definition) is 3. The first kappa shape index (κ1) is 28.3. The zero-order valence-electron chi connectivity index (χ0n) is 47.3. The number of aromatic nitrogens is 2. The number of nitriles is 1. The van der Waals surface area contributed by atoms with Crippen LogP contribution >= 0.6 is 22.7 Å². The third-order valence-electron chi connectivity index (χ3n) is 12.9. The number of benzene rings is 10. The van der Waals surface area contributed by atoms with Crippen LogP contribution in [0.4, 0.5) is 5.69 Å². The molecule has 0 atom stereocenters. The summed E-state index contributed by atoms with van der Waals surface area (Å²) >= 11 is 1.95. The van der Waals surface area contributed by atoms with Crippen molar-refractivity contribution in [1.82, 2.24) is 9.13 Å². The van der Waals surface area contributed by atoms with Gasteiger partial charge in [0.1, 0.15) is 6.07 Å². The molecular weight excluding hydrogens is 865 g/mol. The van der Waals surface area contributed by atoms with Gasteiger partial charge in [-0.05, 0) is 52.5 Å². The highest BCUT2D eigenvalue weighted by molar-refractivity contribution is 7.27. The van der Waals surface area contributed by atoms with Crippen molar-refractivity contribution < 1.29 is 16.4 Å². The molecule has 0 N–H and O–H groups in total. The Labute approximate surface area is 415 Å². The van der Waals surface area contributed by atoms with Crippen LogP contribution in [0.2, 0.25) is 0 Å². The Balaban J connectivity index is 1.33. The zero-order valence-corrected chi connectivity index (χ0v) is 36.9. The van der Waals surface area contributed by atoms with Crippen LogP contribution < -0.4 is 0 Å². The van der Waals surface area contributed by atoms with E-state index in [2.05, 4.69) is 17.0 Å². The second kappa shape index (κ2) is 14.9. The van der Waals surface area contributed by atoms with Gasteiger partial charge in [0.25, 0.3) is 0 Å². The highest BCUT2D eigenvalue weighted by atomic mass is 32.1. The Morgan fingerprint density at radius 1 is 0.456 bits per heavy atom. The normalized spacial score (nSPS) is 14.3. The maximum atomic E-state index is 12.2. The van der Waals surface area contributed by atoms with Crippen molar-refractivity contribution in [2.75, 3.05) is 0 Å². The molecule has 0 unspecified atom stereocenters. The lowest BCUT2D eigenvalue weighted by atomic mass is 9.88. The molecule has 4 heterocycles. The fourth-order valence-corrected chi connectivity index (χ4v) is 12.3. The molecule has 314 valence electrons. The number of para-hydroxylation sites is 1. The summed E-state index contributed by atoms with van der Waals surface area (Å²) < 4.78 is 116. The topological polar surface area (TPSA) is 38.0 Å². The molecule has 68 heavy (non-hydrogen) atoms. The number of hydrogen-bond donors (Lipinski definition) is 0. The van der Waals surface area contributed by atoms with E-state index in [4.69, 9.17) is 5.48 Å². The summed E-state index contributed by atoms with van der Waals surface area (Å²) in [4.78, 5) is 4.41. The van der Waals surface area contributed by atoms with Gasteiger partial charge in [-0.2, -0.15) is 5.26 Å². The predicted molar refractivity (Wildman–Crippen MR) is 288 cm³/mol. The van der Waals surface area contributed by atoms with Crippen LogP contribution in [0.1, 0.15) is 22.0 Å². The van der Waals surface area contributed by atoms with E-state index >= 15 is 0 Å². The van der Waals surface area contributed by atoms with E-state index in [-0.39, 0.29) is 96.7 Å². The van der Waals surface area contributed by atoms with Crippen LogP contribution in [0.15, 0.2) is 206 Å². The number of rotatable bonds is 5. The monoisotopic (exact) mass is 910 g/mol. The van der Waals surface area contributed by atoms with Crippen molar-refractivity contribution in [1.29, 1.82) is 5.26 Å². The highest BCUT2D eigenvalue weighted by Gasteiger charge is 2.33. The fourth-order valence-electron chi connectivity index (χ4n) is 10.1. The summed E-state index contributed by atoms with van der Waals surface area (Å²) in [5.41, 5.74) is 5.87. The molecule has 0 amide bonds. The fraction of sp³-hybridized carbons (Fsp3) is 0. The second-order valence-electron chi connectivity index (χ2n) is 16.4. The zero-order chi connectivity index (χ0) is 55.5. The molecule has 0 aliphatic carbocycles. The SMILES string of the molecule is [2H]c1c([2H])c([2H])c2c(sc3c2c([2H])c([2H])c2c4c([2H])c([2H])c5c(sc6c([2H])c([2H])c([2H])c([2H])c65)c4n(-c4c(C#N)c(-c5ccccc5)c([N+]#[C-])c(-n5c6ccccc6c6cc(-c7ccccc7)ccc65)c4-c4ccccc4)c32)c1[2H]. The highest BCUT2D eigenvalue weighted by Crippen LogP contribution is 2.54. The molecule has 4 nitrogen and oxygen atoms in total. The molecule has 0 radical (unpaired) electrons. The van der Waals surface area contributed by atoms with Crippen molar-refractivity contribution in [3.05, 3.63) is 223 Å². The lowest BCUT2D eigenvalue weighted by molar-refractivity contribution is 1.14. The molecule has 0 fully saturated rings. The molecule has 10 aromatic carbocycles. The Morgan fingerprint density at radius 3 is 1.56 bits per heavy atom. The third kappa shape index (κ3) is 5.39. The lowest BCUT2D eigenvalue weighted by Crippen LogP contribution is -2.09. The van der Waals surface area contributed by atoms with Crippen LogP contribution in [0, 0.1) is 17.9 Å². The molecule has 0 saturated heterocycles. The van der Waals surface area contributed by atoms with Crippen LogP contribution in [0.25, 0.3) is 134 Å². The number of nitrogens with zero attached hydrogens (tertiary/aromatic N) is 4. The van der Waals surface area contributed by atoms with Crippen molar-refractivity contribution in [3.63, 3.8) is 0 Å². The smallest absolute Gasteiger partial charge is 0.220 e. The molecule has 0 spiro atoms. The molecule has 0 aliphatic rings. The van der Waals surface area contributed by atoms with Gasteiger partial charge in [0, 0.05) is 63.6 Å². The van der Waals surface area contributed by atoms with Crippen LogP contribution in [0.3, 0.4) is 0 Å².